The van der Waals surface area contributed by atoms with Crippen molar-refractivity contribution in [1.29, 1.82) is 0 Å². The third kappa shape index (κ3) is 5.03. The van der Waals surface area contributed by atoms with Crippen LogP contribution in [0.1, 0.15) is 66.2 Å². The molecule has 3 atom stereocenters. The van der Waals surface area contributed by atoms with Crippen LogP contribution < -0.4 is 0 Å². The fourth-order valence-electron chi connectivity index (χ4n) is 3.23. The lowest BCUT2D eigenvalue weighted by molar-refractivity contribution is 0.0307. The molecular weight excluding hydrogens is 288 g/mol. The van der Waals surface area contributed by atoms with Gasteiger partial charge in [0.25, 0.3) is 0 Å². The van der Waals surface area contributed by atoms with E-state index in [1.807, 2.05) is 6.08 Å². The summed E-state index contributed by atoms with van der Waals surface area (Å²) in [7, 11) is 0. The number of allylic oxidation sites excluding steroid dienone is 5. The summed E-state index contributed by atoms with van der Waals surface area (Å²) in [5.74, 6) is 0. The fraction of sp³-hybridized carbons (Fsp3) is 0.700. The Balaban J connectivity index is 2.18. The van der Waals surface area contributed by atoms with Gasteiger partial charge in [-0.2, -0.15) is 0 Å². The summed E-state index contributed by atoms with van der Waals surface area (Å²) in [6.07, 6.45) is 12.6. The van der Waals surface area contributed by atoms with Crippen molar-refractivity contribution in [1.82, 2.24) is 0 Å². The monoisotopic (exact) mass is 320 g/mol. The molecule has 3 nitrogen and oxygen atoms in total. The van der Waals surface area contributed by atoms with Crippen LogP contribution >= 0.6 is 0 Å². The number of ether oxygens (including phenoxy) is 1. The van der Waals surface area contributed by atoms with Gasteiger partial charge in [-0.3, -0.25) is 0 Å². The van der Waals surface area contributed by atoms with Crippen molar-refractivity contribution in [3.05, 3.63) is 34.9 Å². The zero-order chi connectivity index (χ0) is 17.1. The summed E-state index contributed by atoms with van der Waals surface area (Å²) in [4.78, 5) is 0. The molecule has 1 saturated heterocycles. The van der Waals surface area contributed by atoms with E-state index in [0.717, 1.165) is 44.1 Å². The molecule has 2 N–H and O–H groups in total. The van der Waals surface area contributed by atoms with E-state index in [1.54, 1.807) is 6.92 Å². The Bertz CT molecular complexity index is 513. The van der Waals surface area contributed by atoms with Crippen molar-refractivity contribution < 1.29 is 14.9 Å². The van der Waals surface area contributed by atoms with Gasteiger partial charge >= 0.3 is 0 Å². The maximum Gasteiger partial charge on any atom is 0.106 e. The summed E-state index contributed by atoms with van der Waals surface area (Å²) >= 11 is 0. The van der Waals surface area contributed by atoms with Crippen LogP contribution in [-0.4, -0.2) is 34.1 Å². The largest absolute Gasteiger partial charge is 0.393 e. The van der Waals surface area contributed by atoms with Gasteiger partial charge in [-0.05, 0) is 71.8 Å². The molecule has 0 radical (unpaired) electrons. The molecule has 2 aliphatic rings. The topological polar surface area (TPSA) is 53.0 Å². The third-order valence-corrected chi connectivity index (χ3v) is 5.33. The zero-order valence-corrected chi connectivity index (χ0v) is 15.1. The molecule has 1 aliphatic carbocycles. The lowest BCUT2D eigenvalue weighted by atomic mass is 9.89. The average molecular weight is 320 g/mol. The van der Waals surface area contributed by atoms with Gasteiger partial charge in [0.15, 0.2) is 0 Å². The number of rotatable bonds is 2. The predicted octanol–water partition coefficient (Wildman–Crippen LogP) is 4.06. The van der Waals surface area contributed by atoms with Crippen LogP contribution in [0.2, 0.25) is 0 Å². The number of aliphatic hydroxyl groups excluding tert-OH is 1. The maximum absolute atomic E-state index is 10.4. The van der Waals surface area contributed by atoms with Gasteiger partial charge in [0.2, 0.25) is 0 Å². The van der Waals surface area contributed by atoms with Crippen LogP contribution in [0.4, 0.5) is 0 Å². The Morgan fingerprint density at radius 3 is 2.65 bits per heavy atom. The number of epoxide rings is 1. The number of aliphatic hydroxyl groups is 2. The number of hydrogen-bond acceptors (Lipinski definition) is 3. The van der Waals surface area contributed by atoms with Gasteiger partial charge < -0.3 is 14.9 Å². The Morgan fingerprint density at radius 1 is 1.22 bits per heavy atom. The van der Waals surface area contributed by atoms with Crippen molar-refractivity contribution in [2.45, 2.75) is 83.5 Å². The van der Waals surface area contributed by atoms with Crippen molar-refractivity contribution in [2.75, 3.05) is 6.61 Å². The number of fused-ring (bicyclic) bond motifs is 1. The molecule has 0 amide bonds. The zero-order valence-electron chi connectivity index (χ0n) is 15.1. The molecule has 2 rings (SSSR count). The van der Waals surface area contributed by atoms with E-state index < -0.39 is 5.60 Å². The second-order valence-corrected chi connectivity index (χ2v) is 7.68. The summed E-state index contributed by atoms with van der Waals surface area (Å²) in [6.45, 7) is 7.93. The first-order valence-electron chi connectivity index (χ1n) is 8.80. The highest BCUT2D eigenvalue weighted by Gasteiger charge is 2.50. The van der Waals surface area contributed by atoms with E-state index in [-0.39, 0.29) is 12.2 Å². The van der Waals surface area contributed by atoms with E-state index >= 15 is 0 Å². The molecular formula is C20H32O3. The molecule has 1 fully saturated rings. The van der Waals surface area contributed by atoms with Crippen LogP contribution in [0.15, 0.2) is 34.9 Å². The SMILES string of the molecule is C/C1=C\CC[C@]2(C)O[C@H]2CC/C(C)=C/C=C(/[C@](C)(O)CO)CC1. The van der Waals surface area contributed by atoms with Gasteiger partial charge in [0, 0.05) is 0 Å². The van der Waals surface area contributed by atoms with Crippen molar-refractivity contribution in [3.8, 4) is 0 Å². The van der Waals surface area contributed by atoms with E-state index in [2.05, 4.69) is 32.9 Å². The molecule has 0 aromatic carbocycles. The van der Waals surface area contributed by atoms with Gasteiger partial charge in [-0.15, -0.1) is 0 Å². The smallest absolute Gasteiger partial charge is 0.106 e. The second-order valence-electron chi connectivity index (χ2n) is 7.68. The summed E-state index contributed by atoms with van der Waals surface area (Å²) in [5.41, 5.74) is 2.45. The molecule has 0 spiro atoms. The molecule has 0 aromatic heterocycles. The van der Waals surface area contributed by atoms with E-state index in [1.165, 1.54) is 11.1 Å². The molecule has 0 unspecified atom stereocenters. The fourth-order valence-corrected chi connectivity index (χ4v) is 3.23. The molecule has 1 aliphatic heterocycles. The Kier molecular flexibility index (Phi) is 5.88. The molecule has 23 heavy (non-hydrogen) atoms. The quantitative estimate of drug-likeness (QED) is 0.596. The van der Waals surface area contributed by atoms with E-state index in [0.29, 0.717) is 6.10 Å². The molecule has 3 heteroatoms. The highest BCUT2D eigenvalue weighted by Crippen LogP contribution is 2.43. The molecule has 1 heterocycles. The van der Waals surface area contributed by atoms with Gasteiger partial charge in [0.1, 0.15) is 5.60 Å². The Labute approximate surface area is 140 Å². The normalized spacial score (nSPS) is 39.4. The van der Waals surface area contributed by atoms with Crippen LogP contribution in [0.25, 0.3) is 0 Å². The van der Waals surface area contributed by atoms with Gasteiger partial charge in [-0.1, -0.05) is 29.4 Å². The number of hydrogen-bond donors (Lipinski definition) is 2. The summed E-state index contributed by atoms with van der Waals surface area (Å²) < 4.78 is 5.91. The minimum atomic E-state index is -1.15. The standard InChI is InChI=1S/C20H32O3/c1-15-6-5-13-20(4)18(23-20)12-9-16(2)8-11-17(10-7-15)19(3,22)14-21/h6,8,11,18,21-22H,5,7,9-10,12-14H2,1-4H3/b15-6+,16-8+,17-11+/t18-,19+,20-/m0/s1. The Hall–Kier alpha value is -0.900. The van der Waals surface area contributed by atoms with Crippen LogP contribution in [0.3, 0.4) is 0 Å². The summed E-state index contributed by atoms with van der Waals surface area (Å²) in [6, 6.07) is 0. The lowest BCUT2D eigenvalue weighted by Gasteiger charge is -2.24. The van der Waals surface area contributed by atoms with E-state index in [4.69, 9.17) is 4.74 Å². The summed E-state index contributed by atoms with van der Waals surface area (Å²) in [5, 5.41) is 19.9. The van der Waals surface area contributed by atoms with Gasteiger partial charge in [0.05, 0.1) is 18.3 Å². The predicted molar refractivity (Wildman–Crippen MR) is 94.3 cm³/mol. The second kappa shape index (κ2) is 7.33. The van der Waals surface area contributed by atoms with Gasteiger partial charge in [-0.25, -0.2) is 0 Å². The van der Waals surface area contributed by atoms with Crippen molar-refractivity contribution in [2.24, 2.45) is 0 Å². The first kappa shape index (κ1) is 18.4. The van der Waals surface area contributed by atoms with Crippen molar-refractivity contribution in [3.63, 3.8) is 0 Å². The van der Waals surface area contributed by atoms with Crippen LogP contribution in [-0.2, 0) is 4.74 Å². The highest BCUT2D eigenvalue weighted by atomic mass is 16.6. The van der Waals surface area contributed by atoms with Crippen LogP contribution in [0.5, 0.6) is 0 Å². The highest BCUT2D eigenvalue weighted by molar-refractivity contribution is 5.25. The Morgan fingerprint density at radius 2 is 1.96 bits per heavy atom. The molecule has 0 saturated carbocycles. The third-order valence-electron chi connectivity index (χ3n) is 5.33. The molecule has 0 aromatic rings. The molecule has 130 valence electrons. The van der Waals surface area contributed by atoms with Crippen molar-refractivity contribution >= 4 is 0 Å². The molecule has 0 bridgehead atoms. The minimum absolute atomic E-state index is 0.0722. The average Bonchev–Trinajstić information content (AvgIpc) is 3.14. The maximum atomic E-state index is 10.4. The first-order chi connectivity index (χ1) is 10.8. The lowest BCUT2D eigenvalue weighted by Crippen LogP contribution is -2.31. The van der Waals surface area contributed by atoms with E-state index in [9.17, 15) is 10.2 Å². The van der Waals surface area contributed by atoms with Crippen LogP contribution in [0, 0.1) is 0 Å². The first-order valence-corrected chi connectivity index (χ1v) is 8.80. The minimum Gasteiger partial charge on any atom is -0.393 e.